The molecule has 2 aromatic rings. The van der Waals surface area contributed by atoms with Gasteiger partial charge < -0.3 is 19.7 Å². The van der Waals surface area contributed by atoms with Crippen molar-refractivity contribution in [3.05, 3.63) is 41.3 Å². The molecule has 1 aromatic carbocycles. The number of hydrogen-bond acceptors (Lipinski definition) is 6. The molecule has 1 aliphatic rings. The molecular weight excluding hydrogens is 356 g/mol. The molecule has 7 nitrogen and oxygen atoms in total. The van der Waals surface area contributed by atoms with E-state index in [-0.39, 0.29) is 5.91 Å². The first-order chi connectivity index (χ1) is 13.7. The number of benzene rings is 1. The fourth-order valence-corrected chi connectivity index (χ4v) is 3.38. The van der Waals surface area contributed by atoms with Crippen LogP contribution in [0.15, 0.2) is 24.5 Å². The number of hydrogen-bond donors (Lipinski definition) is 1. The Labute approximate surface area is 166 Å². The van der Waals surface area contributed by atoms with Gasteiger partial charge in [-0.05, 0) is 36.1 Å². The molecule has 3 rings (SSSR count). The Morgan fingerprint density at radius 3 is 2.57 bits per heavy atom. The summed E-state index contributed by atoms with van der Waals surface area (Å²) in [5.41, 5.74) is 2.67. The van der Waals surface area contributed by atoms with Crippen molar-refractivity contribution < 1.29 is 14.3 Å². The number of rotatable bonds is 8. The standard InChI is InChI=1S/C21H28N4O3/c1-4-5-6-8-22-20-12-17(23-14-24-20)21(26)25-9-7-15-10-18(27-2)19(28-3)11-16(15)13-25/h10-12,14H,4-9,13H2,1-3H3,(H,22,23,24). The third-order valence-corrected chi connectivity index (χ3v) is 4.98. The van der Waals surface area contributed by atoms with E-state index in [0.717, 1.165) is 30.7 Å². The maximum Gasteiger partial charge on any atom is 0.272 e. The molecule has 1 aliphatic heterocycles. The quantitative estimate of drug-likeness (QED) is 0.704. The molecule has 0 unspecified atom stereocenters. The predicted molar refractivity (Wildman–Crippen MR) is 108 cm³/mol. The minimum Gasteiger partial charge on any atom is -0.493 e. The number of carbonyl (C=O) groups is 1. The number of carbonyl (C=O) groups excluding carboxylic acids is 1. The van der Waals surface area contributed by atoms with Crippen LogP contribution in [0.2, 0.25) is 0 Å². The highest BCUT2D eigenvalue weighted by Crippen LogP contribution is 2.33. The minimum absolute atomic E-state index is 0.0838. The van der Waals surface area contributed by atoms with Crippen LogP contribution in [-0.4, -0.2) is 48.1 Å². The number of amides is 1. The van der Waals surface area contributed by atoms with Crippen LogP contribution < -0.4 is 14.8 Å². The molecule has 0 saturated carbocycles. The Morgan fingerprint density at radius 1 is 1.11 bits per heavy atom. The van der Waals surface area contributed by atoms with Gasteiger partial charge in [-0.1, -0.05) is 19.8 Å². The molecule has 1 N–H and O–H groups in total. The topological polar surface area (TPSA) is 76.6 Å². The first-order valence-corrected chi connectivity index (χ1v) is 9.75. The Hall–Kier alpha value is -2.83. The average Bonchev–Trinajstić information content (AvgIpc) is 2.75. The highest BCUT2D eigenvalue weighted by molar-refractivity contribution is 5.93. The smallest absolute Gasteiger partial charge is 0.272 e. The number of unbranched alkanes of at least 4 members (excludes halogenated alkanes) is 2. The third kappa shape index (κ3) is 4.52. The van der Waals surface area contributed by atoms with Crippen molar-refractivity contribution in [3.63, 3.8) is 0 Å². The molecule has 0 spiro atoms. The van der Waals surface area contributed by atoms with Crippen LogP contribution in [0.4, 0.5) is 5.82 Å². The molecular formula is C21H28N4O3. The predicted octanol–water partition coefficient (Wildman–Crippen LogP) is 3.29. The van der Waals surface area contributed by atoms with Crippen LogP contribution in [0.1, 0.15) is 47.8 Å². The van der Waals surface area contributed by atoms with E-state index < -0.39 is 0 Å². The fraction of sp³-hybridized carbons (Fsp3) is 0.476. The summed E-state index contributed by atoms with van der Waals surface area (Å²) < 4.78 is 10.8. The van der Waals surface area contributed by atoms with Crippen LogP contribution in [0.25, 0.3) is 0 Å². The van der Waals surface area contributed by atoms with Crippen molar-refractivity contribution in [2.75, 3.05) is 32.6 Å². The molecule has 2 heterocycles. The van der Waals surface area contributed by atoms with E-state index in [1.54, 1.807) is 20.3 Å². The molecule has 28 heavy (non-hydrogen) atoms. The number of aromatic nitrogens is 2. The van der Waals surface area contributed by atoms with Gasteiger partial charge >= 0.3 is 0 Å². The van der Waals surface area contributed by atoms with E-state index in [1.807, 2.05) is 17.0 Å². The van der Waals surface area contributed by atoms with Crippen LogP contribution in [0, 0.1) is 0 Å². The lowest BCUT2D eigenvalue weighted by atomic mass is 9.98. The molecule has 1 amide bonds. The Bertz CT molecular complexity index is 825. The van der Waals surface area contributed by atoms with E-state index in [2.05, 4.69) is 22.2 Å². The normalized spacial score (nSPS) is 13.0. The van der Waals surface area contributed by atoms with Crippen molar-refractivity contribution in [3.8, 4) is 11.5 Å². The van der Waals surface area contributed by atoms with Gasteiger partial charge in [0, 0.05) is 25.7 Å². The number of anilines is 1. The SMILES string of the molecule is CCCCCNc1cc(C(=O)N2CCc3cc(OC)c(OC)cc3C2)ncn1. The van der Waals surface area contributed by atoms with Gasteiger partial charge in [0.2, 0.25) is 0 Å². The lowest BCUT2D eigenvalue weighted by Crippen LogP contribution is -2.36. The first kappa shape index (κ1) is 19.9. The van der Waals surface area contributed by atoms with Gasteiger partial charge in [0.15, 0.2) is 11.5 Å². The molecule has 150 valence electrons. The summed E-state index contributed by atoms with van der Waals surface area (Å²) >= 11 is 0. The summed E-state index contributed by atoms with van der Waals surface area (Å²) in [5.74, 6) is 2.00. The molecule has 0 aliphatic carbocycles. The third-order valence-electron chi connectivity index (χ3n) is 4.98. The van der Waals surface area contributed by atoms with E-state index in [9.17, 15) is 4.79 Å². The molecule has 1 aromatic heterocycles. The largest absolute Gasteiger partial charge is 0.493 e. The van der Waals surface area contributed by atoms with Crippen molar-refractivity contribution >= 4 is 11.7 Å². The van der Waals surface area contributed by atoms with Crippen LogP contribution in [-0.2, 0) is 13.0 Å². The molecule has 0 radical (unpaired) electrons. The summed E-state index contributed by atoms with van der Waals surface area (Å²) in [6, 6.07) is 5.69. The van der Waals surface area contributed by atoms with Gasteiger partial charge in [0.05, 0.1) is 14.2 Å². The second kappa shape index (κ2) is 9.39. The first-order valence-electron chi connectivity index (χ1n) is 9.75. The van der Waals surface area contributed by atoms with Crippen molar-refractivity contribution in [2.24, 2.45) is 0 Å². The lowest BCUT2D eigenvalue weighted by Gasteiger charge is -2.29. The summed E-state index contributed by atoms with van der Waals surface area (Å²) in [5, 5.41) is 3.27. The Morgan fingerprint density at radius 2 is 1.86 bits per heavy atom. The van der Waals surface area contributed by atoms with Gasteiger partial charge in [-0.25, -0.2) is 9.97 Å². The van der Waals surface area contributed by atoms with Crippen LogP contribution >= 0.6 is 0 Å². The van der Waals surface area contributed by atoms with E-state index in [4.69, 9.17) is 9.47 Å². The monoisotopic (exact) mass is 384 g/mol. The molecule has 7 heteroatoms. The maximum atomic E-state index is 13.0. The zero-order valence-electron chi connectivity index (χ0n) is 16.8. The lowest BCUT2D eigenvalue weighted by molar-refractivity contribution is 0.0728. The highest BCUT2D eigenvalue weighted by atomic mass is 16.5. The van der Waals surface area contributed by atoms with E-state index in [0.29, 0.717) is 30.4 Å². The van der Waals surface area contributed by atoms with Gasteiger partial charge in [-0.2, -0.15) is 0 Å². The number of nitrogens with zero attached hydrogens (tertiary/aromatic N) is 3. The Balaban J connectivity index is 1.70. The summed E-state index contributed by atoms with van der Waals surface area (Å²) in [6.45, 7) is 4.18. The number of fused-ring (bicyclic) bond motifs is 1. The van der Waals surface area contributed by atoms with Crippen molar-refractivity contribution in [1.82, 2.24) is 14.9 Å². The van der Waals surface area contributed by atoms with Gasteiger partial charge in [-0.15, -0.1) is 0 Å². The fourth-order valence-electron chi connectivity index (χ4n) is 3.38. The van der Waals surface area contributed by atoms with Crippen LogP contribution in [0.3, 0.4) is 0 Å². The Kier molecular flexibility index (Phi) is 6.68. The summed E-state index contributed by atoms with van der Waals surface area (Å²) in [4.78, 5) is 23.2. The highest BCUT2D eigenvalue weighted by Gasteiger charge is 2.24. The second-order valence-corrected chi connectivity index (χ2v) is 6.87. The second-order valence-electron chi connectivity index (χ2n) is 6.87. The zero-order valence-corrected chi connectivity index (χ0v) is 16.8. The molecule has 0 fully saturated rings. The van der Waals surface area contributed by atoms with E-state index in [1.165, 1.54) is 24.7 Å². The number of ether oxygens (including phenoxy) is 2. The van der Waals surface area contributed by atoms with Gasteiger partial charge in [0.25, 0.3) is 5.91 Å². The number of nitrogens with one attached hydrogen (secondary N) is 1. The summed E-state index contributed by atoms with van der Waals surface area (Å²) in [7, 11) is 3.25. The van der Waals surface area contributed by atoms with Crippen molar-refractivity contribution in [2.45, 2.75) is 39.2 Å². The molecule has 0 saturated heterocycles. The minimum atomic E-state index is -0.0838. The van der Waals surface area contributed by atoms with Crippen molar-refractivity contribution in [1.29, 1.82) is 0 Å². The maximum absolute atomic E-state index is 13.0. The summed E-state index contributed by atoms with van der Waals surface area (Å²) in [6.07, 6.45) is 5.64. The van der Waals surface area contributed by atoms with Gasteiger partial charge in [0.1, 0.15) is 17.8 Å². The van der Waals surface area contributed by atoms with Gasteiger partial charge in [-0.3, -0.25) is 4.79 Å². The van der Waals surface area contributed by atoms with E-state index >= 15 is 0 Å². The molecule has 0 atom stereocenters. The zero-order chi connectivity index (χ0) is 19.9. The number of methoxy groups -OCH3 is 2. The van der Waals surface area contributed by atoms with Crippen LogP contribution in [0.5, 0.6) is 11.5 Å². The average molecular weight is 384 g/mol. The molecule has 0 bridgehead atoms.